The van der Waals surface area contributed by atoms with E-state index in [1.54, 1.807) is 6.07 Å². The summed E-state index contributed by atoms with van der Waals surface area (Å²) < 4.78 is 14.4. The van der Waals surface area contributed by atoms with Gasteiger partial charge < -0.3 is 10.6 Å². The van der Waals surface area contributed by atoms with Gasteiger partial charge in [0.1, 0.15) is 5.82 Å². The van der Waals surface area contributed by atoms with Crippen molar-refractivity contribution in [3.05, 3.63) is 28.5 Å². The predicted octanol–water partition coefficient (Wildman–Crippen LogP) is 3.14. The van der Waals surface area contributed by atoms with Gasteiger partial charge in [-0.3, -0.25) is 0 Å². The fourth-order valence-corrected chi connectivity index (χ4v) is 2.32. The van der Waals surface area contributed by atoms with E-state index in [1.165, 1.54) is 6.07 Å². The molecular formula is C12H16BrFN2. The predicted molar refractivity (Wildman–Crippen MR) is 68.2 cm³/mol. The minimum atomic E-state index is -0.188. The molecule has 1 aromatic rings. The zero-order valence-corrected chi connectivity index (χ0v) is 10.7. The van der Waals surface area contributed by atoms with E-state index in [4.69, 9.17) is 0 Å². The third kappa shape index (κ3) is 3.19. The van der Waals surface area contributed by atoms with Gasteiger partial charge in [0.2, 0.25) is 0 Å². The van der Waals surface area contributed by atoms with Crippen molar-refractivity contribution in [2.24, 2.45) is 0 Å². The van der Waals surface area contributed by atoms with E-state index in [-0.39, 0.29) is 5.82 Å². The van der Waals surface area contributed by atoms with Gasteiger partial charge in [-0.05, 0) is 50.6 Å². The topological polar surface area (TPSA) is 24.1 Å². The van der Waals surface area contributed by atoms with Gasteiger partial charge in [0.25, 0.3) is 0 Å². The Bertz CT molecular complexity index is 349. The molecule has 88 valence electrons. The zero-order valence-electron chi connectivity index (χ0n) is 9.10. The van der Waals surface area contributed by atoms with Crippen molar-refractivity contribution >= 4 is 21.6 Å². The Kier molecular flexibility index (Phi) is 4.18. The molecule has 1 aromatic carbocycles. The number of rotatable bonds is 2. The van der Waals surface area contributed by atoms with Crippen LogP contribution >= 0.6 is 15.9 Å². The molecule has 1 heterocycles. The lowest BCUT2D eigenvalue weighted by atomic mass is 10.1. The average molecular weight is 287 g/mol. The summed E-state index contributed by atoms with van der Waals surface area (Å²) in [5.74, 6) is -0.188. The van der Waals surface area contributed by atoms with E-state index in [1.807, 2.05) is 6.07 Å². The molecule has 0 radical (unpaired) electrons. The summed E-state index contributed by atoms with van der Waals surface area (Å²) in [4.78, 5) is 0. The molecule has 2 nitrogen and oxygen atoms in total. The smallest absolute Gasteiger partial charge is 0.147 e. The molecule has 1 fully saturated rings. The Morgan fingerprint density at radius 2 is 2.19 bits per heavy atom. The molecule has 0 spiro atoms. The van der Waals surface area contributed by atoms with Crippen LogP contribution in [0.1, 0.15) is 19.3 Å². The molecule has 0 aliphatic carbocycles. The van der Waals surface area contributed by atoms with E-state index in [9.17, 15) is 4.39 Å². The second-order valence-electron chi connectivity index (χ2n) is 4.15. The van der Waals surface area contributed by atoms with E-state index in [0.717, 1.165) is 36.8 Å². The second kappa shape index (κ2) is 5.64. The normalized spacial score (nSPS) is 21.5. The van der Waals surface area contributed by atoms with E-state index < -0.39 is 0 Å². The highest BCUT2D eigenvalue weighted by atomic mass is 79.9. The first-order valence-corrected chi connectivity index (χ1v) is 6.47. The molecule has 1 saturated heterocycles. The van der Waals surface area contributed by atoms with Crippen molar-refractivity contribution < 1.29 is 4.39 Å². The van der Waals surface area contributed by atoms with Crippen LogP contribution < -0.4 is 10.6 Å². The van der Waals surface area contributed by atoms with Gasteiger partial charge in [-0.25, -0.2) is 4.39 Å². The highest BCUT2D eigenvalue weighted by molar-refractivity contribution is 9.10. The molecule has 1 unspecified atom stereocenters. The van der Waals surface area contributed by atoms with Crippen LogP contribution in [0.4, 0.5) is 10.1 Å². The highest BCUT2D eigenvalue weighted by Gasteiger charge is 2.13. The molecule has 0 saturated carbocycles. The first kappa shape index (κ1) is 11.9. The summed E-state index contributed by atoms with van der Waals surface area (Å²) >= 11 is 3.26. The SMILES string of the molecule is Fc1cc(Br)ccc1NC1CCCNCC1. The van der Waals surface area contributed by atoms with Crippen molar-refractivity contribution in [1.82, 2.24) is 5.32 Å². The van der Waals surface area contributed by atoms with Gasteiger partial charge >= 0.3 is 0 Å². The summed E-state index contributed by atoms with van der Waals surface area (Å²) in [5, 5.41) is 6.63. The molecule has 2 rings (SSSR count). The summed E-state index contributed by atoms with van der Waals surface area (Å²) in [6.45, 7) is 2.08. The minimum Gasteiger partial charge on any atom is -0.380 e. The lowest BCUT2D eigenvalue weighted by molar-refractivity contribution is 0.605. The first-order valence-electron chi connectivity index (χ1n) is 5.68. The zero-order chi connectivity index (χ0) is 11.4. The highest BCUT2D eigenvalue weighted by Crippen LogP contribution is 2.21. The maximum absolute atomic E-state index is 13.6. The molecule has 1 aliphatic rings. The van der Waals surface area contributed by atoms with Crippen LogP contribution in [0.2, 0.25) is 0 Å². The van der Waals surface area contributed by atoms with Gasteiger partial charge in [0.05, 0.1) is 5.69 Å². The lowest BCUT2D eigenvalue weighted by Crippen LogP contribution is -2.22. The Balaban J connectivity index is 2.01. The van der Waals surface area contributed by atoms with Gasteiger partial charge in [-0.1, -0.05) is 15.9 Å². The monoisotopic (exact) mass is 286 g/mol. The first-order chi connectivity index (χ1) is 7.75. The summed E-state index contributed by atoms with van der Waals surface area (Å²) in [6.07, 6.45) is 3.30. The van der Waals surface area contributed by atoms with Crippen LogP contribution in [0, 0.1) is 5.82 Å². The average Bonchev–Trinajstić information content (AvgIpc) is 2.51. The largest absolute Gasteiger partial charge is 0.380 e. The summed E-state index contributed by atoms with van der Waals surface area (Å²) in [6, 6.07) is 5.53. The summed E-state index contributed by atoms with van der Waals surface area (Å²) in [5.41, 5.74) is 0.607. The van der Waals surface area contributed by atoms with E-state index in [0.29, 0.717) is 11.7 Å². The molecule has 4 heteroatoms. The Morgan fingerprint density at radius 3 is 3.00 bits per heavy atom. The molecule has 1 aliphatic heterocycles. The van der Waals surface area contributed by atoms with Crippen LogP contribution in [0.5, 0.6) is 0 Å². The number of halogens is 2. The third-order valence-electron chi connectivity index (χ3n) is 2.87. The number of hydrogen-bond donors (Lipinski definition) is 2. The van der Waals surface area contributed by atoms with Crippen LogP contribution in [0.15, 0.2) is 22.7 Å². The molecule has 16 heavy (non-hydrogen) atoms. The van der Waals surface area contributed by atoms with E-state index in [2.05, 4.69) is 26.6 Å². The van der Waals surface area contributed by atoms with Crippen molar-refractivity contribution in [2.45, 2.75) is 25.3 Å². The standard InChI is InChI=1S/C12H16BrFN2/c13-9-3-4-12(11(14)8-9)16-10-2-1-6-15-7-5-10/h3-4,8,10,15-16H,1-2,5-7H2. The second-order valence-corrected chi connectivity index (χ2v) is 5.06. The number of anilines is 1. The molecule has 2 N–H and O–H groups in total. The number of nitrogens with one attached hydrogen (secondary N) is 2. The Hall–Kier alpha value is -0.610. The van der Waals surface area contributed by atoms with Crippen LogP contribution in [0.3, 0.4) is 0 Å². The molecule has 1 atom stereocenters. The lowest BCUT2D eigenvalue weighted by Gasteiger charge is -2.17. The maximum atomic E-state index is 13.6. The van der Waals surface area contributed by atoms with E-state index >= 15 is 0 Å². The van der Waals surface area contributed by atoms with Gasteiger partial charge in [0, 0.05) is 10.5 Å². The molecule has 0 bridgehead atoms. The van der Waals surface area contributed by atoms with Gasteiger partial charge in [-0.2, -0.15) is 0 Å². The molecule has 0 aromatic heterocycles. The van der Waals surface area contributed by atoms with Gasteiger partial charge in [-0.15, -0.1) is 0 Å². The van der Waals surface area contributed by atoms with Crippen molar-refractivity contribution in [3.63, 3.8) is 0 Å². The van der Waals surface area contributed by atoms with Gasteiger partial charge in [0.15, 0.2) is 0 Å². The van der Waals surface area contributed by atoms with Crippen LogP contribution in [-0.4, -0.2) is 19.1 Å². The number of benzene rings is 1. The Labute approximate surface area is 104 Å². The quantitative estimate of drug-likeness (QED) is 0.873. The summed E-state index contributed by atoms with van der Waals surface area (Å²) in [7, 11) is 0. The minimum absolute atomic E-state index is 0.188. The Morgan fingerprint density at radius 1 is 1.31 bits per heavy atom. The number of hydrogen-bond acceptors (Lipinski definition) is 2. The van der Waals surface area contributed by atoms with Crippen molar-refractivity contribution in [3.8, 4) is 0 Å². The fraction of sp³-hybridized carbons (Fsp3) is 0.500. The third-order valence-corrected chi connectivity index (χ3v) is 3.36. The molecular weight excluding hydrogens is 271 g/mol. The maximum Gasteiger partial charge on any atom is 0.147 e. The molecule has 0 amide bonds. The van der Waals surface area contributed by atoms with Crippen molar-refractivity contribution in [2.75, 3.05) is 18.4 Å². The fourth-order valence-electron chi connectivity index (χ4n) is 1.99. The van der Waals surface area contributed by atoms with Crippen molar-refractivity contribution in [1.29, 1.82) is 0 Å². The van der Waals surface area contributed by atoms with Crippen LogP contribution in [-0.2, 0) is 0 Å². The van der Waals surface area contributed by atoms with Crippen LogP contribution in [0.25, 0.3) is 0 Å².